The third kappa shape index (κ3) is 6.82. The molecule has 1 aromatic carbocycles. The van der Waals surface area contributed by atoms with Gasteiger partial charge in [-0.2, -0.15) is 11.8 Å². The van der Waals surface area contributed by atoms with Gasteiger partial charge in [0.05, 0.1) is 12.6 Å². The van der Waals surface area contributed by atoms with E-state index in [0.29, 0.717) is 24.2 Å². The fourth-order valence-electron chi connectivity index (χ4n) is 5.03. The first kappa shape index (κ1) is 24.3. The van der Waals surface area contributed by atoms with Gasteiger partial charge in [-0.1, -0.05) is 0 Å². The average Bonchev–Trinajstić information content (AvgIpc) is 3.64. The Labute approximate surface area is 200 Å². The van der Waals surface area contributed by atoms with E-state index in [4.69, 9.17) is 4.74 Å². The third-order valence-electron chi connectivity index (χ3n) is 7.02. The van der Waals surface area contributed by atoms with E-state index in [0.717, 1.165) is 48.6 Å². The summed E-state index contributed by atoms with van der Waals surface area (Å²) in [4.78, 5) is 18.3. The molecule has 1 aromatic heterocycles. The first-order valence-electron chi connectivity index (χ1n) is 12.2. The van der Waals surface area contributed by atoms with Crippen LogP contribution in [0.5, 0.6) is 5.75 Å². The zero-order chi connectivity index (χ0) is 23.2. The second kappa shape index (κ2) is 11.5. The molecule has 2 fully saturated rings. The van der Waals surface area contributed by atoms with Gasteiger partial charge >= 0.3 is 5.97 Å². The Kier molecular flexibility index (Phi) is 8.47. The second-order valence-electron chi connectivity index (χ2n) is 9.46. The highest BCUT2D eigenvalue weighted by Gasteiger charge is 2.31. The van der Waals surface area contributed by atoms with Crippen LogP contribution in [0.15, 0.2) is 30.5 Å². The Morgan fingerprint density at radius 2 is 2.15 bits per heavy atom. The number of halogens is 1. The molecular formula is C26H35FN2O3S. The molecule has 4 rings (SSSR count). The number of fused-ring (bicyclic) bond motifs is 1. The molecule has 7 heteroatoms. The molecule has 1 saturated heterocycles. The van der Waals surface area contributed by atoms with E-state index in [-0.39, 0.29) is 18.3 Å². The summed E-state index contributed by atoms with van der Waals surface area (Å²) in [6.45, 7) is 2.84. The number of piperidine rings is 1. The maximum absolute atomic E-state index is 15.4. The van der Waals surface area contributed by atoms with Crippen molar-refractivity contribution in [2.24, 2.45) is 11.8 Å². The van der Waals surface area contributed by atoms with Gasteiger partial charge in [0, 0.05) is 29.8 Å². The molecule has 0 amide bonds. The number of hydrogen-bond donors (Lipinski definition) is 1. The Balaban J connectivity index is 1.34. The van der Waals surface area contributed by atoms with Crippen LogP contribution in [-0.4, -0.2) is 58.7 Å². The SMILES string of the molecule is COc1ccc2nccc(C(F)CC[C@@H]3CCN(CCCSC4CC4)C[C@@H]3CC(=O)O)c2c1. The number of rotatable bonds is 12. The molecule has 0 radical (unpaired) electrons. The highest BCUT2D eigenvalue weighted by molar-refractivity contribution is 8.00. The number of aliphatic carboxylic acids is 1. The molecule has 2 aromatic rings. The number of nitrogens with zero attached hydrogens (tertiary/aromatic N) is 2. The number of alkyl halides is 1. The Hall–Kier alpha value is -1.86. The smallest absolute Gasteiger partial charge is 0.303 e. The molecule has 180 valence electrons. The van der Waals surface area contributed by atoms with Gasteiger partial charge < -0.3 is 14.7 Å². The van der Waals surface area contributed by atoms with Crippen molar-refractivity contribution in [1.29, 1.82) is 0 Å². The lowest BCUT2D eigenvalue weighted by Gasteiger charge is -2.38. The highest BCUT2D eigenvalue weighted by atomic mass is 32.2. The summed E-state index contributed by atoms with van der Waals surface area (Å²) in [5, 5.41) is 11.1. The number of ether oxygens (including phenoxy) is 1. The molecule has 0 spiro atoms. The summed E-state index contributed by atoms with van der Waals surface area (Å²) in [6, 6.07) is 7.29. The van der Waals surface area contributed by atoms with Crippen LogP contribution in [0.25, 0.3) is 10.9 Å². The monoisotopic (exact) mass is 474 g/mol. The van der Waals surface area contributed by atoms with Crippen molar-refractivity contribution in [3.8, 4) is 5.75 Å². The molecular weight excluding hydrogens is 439 g/mol. The molecule has 1 unspecified atom stereocenters. The van der Waals surface area contributed by atoms with Gasteiger partial charge in [0.25, 0.3) is 0 Å². The fraction of sp³-hybridized carbons (Fsp3) is 0.615. The number of aromatic nitrogens is 1. The van der Waals surface area contributed by atoms with E-state index in [1.54, 1.807) is 19.4 Å². The topological polar surface area (TPSA) is 62.7 Å². The molecule has 1 aliphatic heterocycles. The van der Waals surface area contributed by atoms with Crippen molar-refractivity contribution in [3.63, 3.8) is 0 Å². The summed E-state index contributed by atoms with van der Waals surface area (Å²) >= 11 is 2.08. The molecule has 33 heavy (non-hydrogen) atoms. The molecule has 3 atom stereocenters. The summed E-state index contributed by atoms with van der Waals surface area (Å²) in [6.07, 6.45) is 6.68. The highest BCUT2D eigenvalue weighted by Crippen LogP contribution is 2.37. The van der Waals surface area contributed by atoms with Crippen LogP contribution in [0.2, 0.25) is 0 Å². The largest absolute Gasteiger partial charge is 0.497 e. The van der Waals surface area contributed by atoms with Crippen molar-refractivity contribution < 1.29 is 19.0 Å². The number of likely N-dealkylation sites (tertiary alicyclic amines) is 1. The quantitative estimate of drug-likeness (QED) is 0.396. The van der Waals surface area contributed by atoms with Gasteiger partial charge in [-0.05, 0) is 99.0 Å². The Bertz CT molecular complexity index is 939. The van der Waals surface area contributed by atoms with Crippen LogP contribution in [-0.2, 0) is 4.79 Å². The van der Waals surface area contributed by atoms with E-state index in [2.05, 4.69) is 21.6 Å². The summed E-state index contributed by atoms with van der Waals surface area (Å²) in [7, 11) is 1.60. The number of carboxylic acids is 1. The first-order valence-corrected chi connectivity index (χ1v) is 13.2. The molecule has 0 bridgehead atoms. The second-order valence-corrected chi connectivity index (χ2v) is 10.9. The standard InChI is InChI=1S/C26H35FN2O3S/c1-32-20-4-8-25-23(16-20)22(9-11-28-25)24(27)7-3-18-10-13-29(17-19(18)15-26(30)31)12-2-14-33-21-5-6-21/h4,8-9,11,16,18-19,21,24H,2-3,5-7,10,12-15,17H2,1H3,(H,30,31)/t18-,19+,24?/m1/s1. The van der Waals surface area contributed by atoms with Crippen molar-refractivity contribution >= 4 is 28.6 Å². The van der Waals surface area contributed by atoms with Crippen molar-refractivity contribution in [3.05, 3.63) is 36.0 Å². The van der Waals surface area contributed by atoms with Crippen LogP contribution >= 0.6 is 11.8 Å². The minimum absolute atomic E-state index is 0.0915. The number of hydrogen-bond acceptors (Lipinski definition) is 5. The molecule has 1 N–H and O–H groups in total. The van der Waals surface area contributed by atoms with Gasteiger partial charge in [-0.15, -0.1) is 0 Å². The fourth-order valence-corrected chi connectivity index (χ4v) is 6.13. The van der Waals surface area contributed by atoms with Crippen molar-refractivity contribution in [2.75, 3.05) is 32.5 Å². The van der Waals surface area contributed by atoms with Gasteiger partial charge in [0.15, 0.2) is 0 Å². The summed E-state index contributed by atoms with van der Waals surface area (Å²) < 4.78 is 20.7. The number of carbonyl (C=O) groups is 1. The van der Waals surface area contributed by atoms with E-state index in [9.17, 15) is 9.90 Å². The molecule has 2 heterocycles. The lowest BCUT2D eigenvalue weighted by molar-refractivity contribution is -0.139. The normalized spacial score (nSPS) is 22.4. The molecule has 5 nitrogen and oxygen atoms in total. The van der Waals surface area contributed by atoms with E-state index < -0.39 is 12.1 Å². The van der Waals surface area contributed by atoms with Crippen molar-refractivity contribution in [1.82, 2.24) is 9.88 Å². The van der Waals surface area contributed by atoms with E-state index >= 15 is 4.39 Å². The lowest BCUT2D eigenvalue weighted by atomic mass is 9.79. The summed E-state index contributed by atoms with van der Waals surface area (Å²) in [5.41, 5.74) is 1.40. The van der Waals surface area contributed by atoms with Gasteiger partial charge in [0.1, 0.15) is 11.9 Å². The third-order valence-corrected chi connectivity index (χ3v) is 8.49. The van der Waals surface area contributed by atoms with E-state index in [1.165, 1.54) is 18.6 Å². The maximum atomic E-state index is 15.4. The van der Waals surface area contributed by atoms with Crippen LogP contribution < -0.4 is 4.74 Å². The zero-order valence-electron chi connectivity index (χ0n) is 19.4. The number of pyridine rings is 1. The number of methoxy groups -OCH3 is 1. The predicted molar refractivity (Wildman–Crippen MR) is 132 cm³/mol. The average molecular weight is 475 g/mol. The minimum Gasteiger partial charge on any atom is -0.497 e. The van der Waals surface area contributed by atoms with E-state index in [1.807, 2.05) is 18.2 Å². The number of thioether (sulfide) groups is 1. The van der Waals surface area contributed by atoms with Crippen LogP contribution in [0, 0.1) is 11.8 Å². The van der Waals surface area contributed by atoms with Gasteiger partial charge in [-0.3, -0.25) is 9.78 Å². The number of carboxylic acid groups (broad SMARTS) is 1. The van der Waals surface area contributed by atoms with Crippen LogP contribution in [0.1, 0.15) is 56.7 Å². The minimum atomic E-state index is -1.11. The maximum Gasteiger partial charge on any atom is 0.303 e. The van der Waals surface area contributed by atoms with Gasteiger partial charge in [-0.25, -0.2) is 4.39 Å². The predicted octanol–water partition coefficient (Wildman–Crippen LogP) is 5.73. The molecule has 2 aliphatic rings. The van der Waals surface area contributed by atoms with Crippen LogP contribution in [0.3, 0.4) is 0 Å². The zero-order valence-corrected chi connectivity index (χ0v) is 20.2. The molecule has 1 saturated carbocycles. The lowest BCUT2D eigenvalue weighted by Crippen LogP contribution is -2.42. The number of benzene rings is 1. The Morgan fingerprint density at radius 3 is 2.91 bits per heavy atom. The van der Waals surface area contributed by atoms with Crippen molar-refractivity contribution in [2.45, 2.75) is 56.4 Å². The summed E-state index contributed by atoms with van der Waals surface area (Å²) in [5.74, 6) is 1.48. The van der Waals surface area contributed by atoms with Gasteiger partial charge in [0.2, 0.25) is 0 Å². The first-order chi connectivity index (χ1) is 16.0. The molecule has 1 aliphatic carbocycles. The Morgan fingerprint density at radius 1 is 1.30 bits per heavy atom. The van der Waals surface area contributed by atoms with Crippen LogP contribution in [0.4, 0.5) is 4.39 Å².